The van der Waals surface area contributed by atoms with E-state index in [4.69, 9.17) is 9.47 Å². The highest BCUT2D eigenvalue weighted by Gasteiger charge is 2.04. The Hall–Kier alpha value is -0.950. The molecule has 1 rings (SSSR count). The van der Waals surface area contributed by atoms with Crippen molar-refractivity contribution in [1.29, 1.82) is 0 Å². The zero-order valence-electron chi connectivity index (χ0n) is 11.3. The SMILES string of the molecule is CCCCOc1ccc([PH2]=O)c(OCCCC)c1. The molecule has 0 radical (unpaired) electrons. The standard InChI is InChI=1S/C14H23O3P/c1-3-5-9-16-12-7-8-14(18-15)13(11-12)17-10-6-4-2/h7-8,11H,3-6,9-10,18H2,1-2H3. The predicted octanol–water partition coefficient (Wildman–Crippen LogP) is 3.43. The van der Waals surface area contributed by atoms with Crippen molar-refractivity contribution in [2.75, 3.05) is 13.2 Å². The summed E-state index contributed by atoms with van der Waals surface area (Å²) < 4.78 is 22.4. The topological polar surface area (TPSA) is 35.5 Å². The molecule has 4 heteroatoms. The van der Waals surface area contributed by atoms with Crippen molar-refractivity contribution < 1.29 is 14.0 Å². The summed E-state index contributed by atoms with van der Waals surface area (Å²) in [6.07, 6.45) is 4.25. The van der Waals surface area contributed by atoms with Crippen LogP contribution in [0.3, 0.4) is 0 Å². The zero-order chi connectivity index (χ0) is 13.2. The third-order valence-corrected chi connectivity index (χ3v) is 3.36. The number of ether oxygens (including phenoxy) is 2. The van der Waals surface area contributed by atoms with Crippen LogP contribution in [0, 0.1) is 0 Å². The van der Waals surface area contributed by atoms with E-state index in [1.54, 1.807) is 0 Å². The zero-order valence-corrected chi connectivity index (χ0v) is 12.4. The second-order valence-electron chi connectivity index (χ2n) is 4.22. The Bertz CT molecular complexity index is 366. The lowest BCUT2D eigenvalue weighted by atomic mass is 10.3. The van der Waals surface area contributed by atoms with Crippen LogP contribution in [-0.2, 0) is 4.57 Å². The molecular weight excluding hydrogens is 247 g/mol. The fourth-order valence-corrected chi connectivity index (χ4v) is 1.95. The van der Waals surface area contributed by atoms with Crippen LogP contribution >= 0.6 is 8.46 Å². The maximum absolute atomic E-state index is 11.1. The molecule has 18 heavy (non-hydrogen) atoms. The Labute approximate surface area is 111 Å². The molecule has 0 spiro atoms. The van der Waals surface area contributed by atoms with Crippen molar-refractivity contribution >= 4 is 13.8 Å². The minimum Gasteiger partial charge on any atom is -0.493 e. The summed E-state index contributed by atoms with van der Waals surface area (Å²) in [5.74, 6) is 1.51. The molecule has 1 aromatic carbocycles. The second kappa shape index (κ2) is 9.04. The molecule has 0 saturated heterocycles. The Morgan fingerprint density at radius 3 is 2.33 bits per heavy atom. The van der Waals surface area contributed by atoms with Crippen molar-refractivity contribution in [2.24, 2.45) is 0 Å². The van der Waals surface area contributed by atoms with E-state index in [9.17, 15) is 4.57 Å². The van der Waals surface area contributed by atoms with Crippen molar-refractivity contribution in [3.05, 3.63) is 18.2 Å². The third-order valence-electron chi connectivity index (χ3n) is 2.63. The molecule has 0 aliphatic rings. The molecular formula is C14H23O3P. The van der Waals surface area contributed by atoms with Gasteiger partial charge in [0.1, 0.15) is 11.5 Å². The molecule has 1 atom stereocenters. The van der Waals surface area contributed by atoms with Gasteiger partial charge in [0.15, 0.2) is 0 Å². The Morgan fingerprint density at radius 2 is 1.72 bits per heavy atom. The summed E-state index contributed by atoms with van der Waals surface area (Å²) in [4.78, 5) is 0. The van der Waals surface area contributed by atoms with Crippen LogP contribution in [0.2, 0.25) is 0 Å². The van der Waals surface area contributed by atoms with Crippen LogP contribution in [0.1, 0.15) is 39.5 Å². The first-order chi connectivity index (χ1) is 8.81. The molecule has 1 aromatic rings. The fourth-order valence-electron chi connectivity index (χ4n) is 1.49. The summed E-state index contributed by atoms with van der Waals surface area (Å²) in [7, 11) is -0.967. The van der Waals surface area contributed by atoms with Crippen LogP contribution in [0.25, 0.3) is 0 Å². The summed E-state index contributed by atoms with van der Waals surface area (Å²) in [5.41, 5.74) is 0. The molecule has 0 aliphatic carbocycles. The first kappa shape index (κ1) is 15.1. The van der Waals surface area contributed by atoms with E-state index in [0.29, 0.717) is 19.0 Å². The minimum atomic E-state index is -0.967. The highest BCUT2D eigenvalue weighted by atomic mass is 31.1. The Balaban J connectivity index is 2.65. The molecule has 3 nitrogen and oxygen atoms in total. The summed E-state index contributed by atoms with van der Waals surface area (Å²) in [5, 5.41) is 0.786. The van der Waals surface area contributed by atoms with E-state index in [-0.39, 0.29) is 0 Å². The molecule has 0 heterocycles. The van der Waals surface area contributed by atoms with Crippen molar-refractivity contribution in [2.45, 2.75) is 39.5 Å². The van der Waals surface area contributed by atoms with Gasteiger partial charge in [0.2, 0.25) is 0 Å². The number of benzene rings is 1. The maximum atomic E-state index is 11.1. The molecule has 0 N–H and O–H groups in total. The van der Waals surface area contributed by atoms with Crippen molar-refractivity contribution in [3.8, 4) is 11.5 Å². The van der Waals surface area contributed by atoms with Gasteiger partial charge < -0.3 is 14.0 Å². The van der Waals surface area contributed by atoms with Gasteiger partial charge in [-0.15, -0.1) is 0 Å². The number of rotatable bonds is 9. The maximum Gasteiger partial charge on any atom is 0.133 e. The third kappa shape index (κ3) is 5.14. The Kier molecular flexibility index (Phi) is 7.59. The molecule has 0 bridgehead atoms. The smallest absolute Gasteiger partial charge is 0.133 e. The lowest BCUT2D eigenvalue weighted by Crippen LogP contribution is -2.06. The fraction of sp³-hybridized carbons (Fsp3) is 0.571. The summed E-state index contributed by atoms with van der Waals surface area (Å²) in [6, 6.07) is 5.55. The van der Waals surface area contributed by atoms with Crippen molar-refractivity contribution in [3.63, 3.8) is 0 Å². The second-order valence-corrected chi connectivity index (χ2v) is 5.08. The first-order valence-electron chi connectivity index (χ1n) is 6.66. The van der Waals surface area contributed by atoms with E-state index in [2.05, 4.69) is 13.8 Å². The number of hydrogen-bond acceptors (Lipinski definition) is 3. The average Bonchev–Trinajstić information content (AvgIpc) is 2.40. The molecule has 0 saturated carbocycles. The Morgan fingerprint density at radius 1 is 1.06 bits per heavy atom. The number of hydrogen-bond donors (Lipinski definition) is 0. The first-order valence-corrected chi connectivity index (χ1v) is 7.71. The lowest BCUT2D eigenvalue weighted by molar-refractivity contribution is 0.296. The van der Waals surface area contributed by atoms with Gasteiger partial charge in [-0.3, -0.25) is 0 Å². The summed E-state index contributed by atoms with van der Waals surface area (Å²) >= 11 is 0. The van der Waals surface area contributed by atoms with Crippen molar-refractivity contribution in [1.82, 2.24) is 0 Å². The lowest BCUT2D eigenvalue weighted by Gasteiger charge is -2.11. The molecule has 0 aliphatic heterocycles. The van der Waals surface area contributed by atoms with Crippen LogP contribution in [0.4, 0.5) is 0 Å². The molecule has 0 aromatic heterocycles. The van der Waals surface area contributed by atoms with Gasteiger partial charge >= 0.3 is 0 Å². The van der Waals surface area contributed by atoms with Crippen LogP contribution in [0.15, 0.2) is 18.2 Å². The highest BCUT2D eigenvalue weighted by molar-refractivity contribution is 7.34. The van der Waals surface area contributed by atoms with Crippen LogP contribution in [-0.4, -0.2) is 13.2 Å². The van der Waals surface area contributed by atoms with Gasteiger partial charge in [-0.1, -0.05) is 26.7 Å². The summed E-state index contributed by atoms with van der Waals surface area (Å²) in [6.45, 7) is 5.63. The van der Waals surface area contributed by atoms with Gasteiger partial charge in [-0.05, 0) is 25.0 Å². The van der Waals surface area contributed by atoms with Gasteiger partial charge in [0.05, 0.1) is 21.7 Å². The quantitative estimate of drug-likeness (QED) is 0.509. The van der Waals surface area contributed by atoms with Crippen LogP contribution < -0.4 is 14.8 Å². The number of unbranched alkanes of at least 4 members (excludes halogenated alkanes) is 2. The normalized spacial score (nSPS) is 11.0. The van der Waals surface area contributed by atoms with Crippen LogP contribution in [0.5, 0.6) is 11.5 Å². The average molecular weight is 270 g/mol. The molecule has 102 valence electrons. The van der Waals surface area contributed by atoms with E-state index < -0.39 is 8.46 Å². The van der Waals surface area contributed by atoms with Gasteiger partial charge in [-0.25, -0.2) is 0 Å². The predicted molar refractivity (Wildman–Crippen MR) is 77.3 cm³/mol. The monoisotopic (exact) mass is 270 g/mol. The van der Waals surface area contributed by atoms with Gasteiger partial charge in [0.25, 0.3) is 0 Å². The molecule has 0 fully saturated rings. The molecule has 1 unspecified atom stereocenters. The van der Waals surface area contributed by atoms with Gasteiger partial charge in [-0.2, -0.15) is 0 Å². The van der Waals surface area contributed by atoms with E-state index >= 15 is 0 Å². The highest BCUT2D eigenvalue weighted by Crippen LogP contribution is 2.21. The minimum absolute atomic E-state index is 0.668. The van der Waals surface area contributed by atoms with E-state index in [1.807, 2.05) is 18.2 Å². The largest absolute Gasteiger partial charge is 0.493 e. The van der Waals surface area contributed by atoms with Gasteiger partial charge in [0, 0.05) is 11.4 Å². The van der Waals surface area contributed by atoms with E-state index in [1.165, 1.54) is 0 Å². The molecule has 0 amide bonds. The van der Waals surface area contributed by atoms with E-state index in [0.717, 1.165) is 36.7 Å².